The molecule has 22 heavy (non-hydrogen) atoms. The van der Waals surface area contributed by atoms with Crippen LogP contribution in [0.4, 0.5) is 0 Å². The molecule has 5 nitrogen and oxygen atoms in total. The largest absolute Gasteiger partial charge is 0.471 e. The van der Waals surface area contributed by atoms with Gasteiger partial charge in [0.1, 0.15) is 0 Å². The molecule has 0 saturated heterocycles. The minimum absolute atomic E-state index is 0.201. The predicted molar refractivity (Wildman–Crippen MR) is 86.3 cm³/mol. The maximum atomic E-state index is 12.2. The van der Waals surface area contributed by atoms with E-state index in [1.807, 2.05) is 18.2 Å². The van der Waals surface area contributed by atoms with Crippen LogP contribution in [0.15, 0.2) is 60.7 Å². The molecule has 1 atom stereocenters. The SMILES string of the molecule is O=S(=O)(Cc1ccccc1)N[C@@H](Cc1ccccc1)B(O)O. The first-order valence-corrected chi connectivity index (χ1v) is 8.55. The second-order valence-electron chi connectivity index (χ2n) is 5.07. The molecule has 0 unspecified atom stereocenters. The highest BCUT2D eigenvalue weighted by Crippen LogP contribution is 2.08. The molecule has 0 bridgehead atoms. The van der Waals surface area contributed by atoms with E-state index in [0.717, 1.165) is 5.56 Å². The van der Waals surface area contributed by atoms with Crippen molar-refractivity contribution in [3.63, 3.8) is 0 Å². The zero-order chi connectivity index (χ0) is 16.0. The summed E-state index contributed by atoms with van der Waals surface area (Å²) in [7, 11) is -5.44. The smallest absolute Gasteiger partial charge is 0.426 e. The Morgan fingerprint density at radius 1 is 0.909 bits per heavy atom. The van der Waals surface area contributed by atoms with Gasteiger partial charge in [-0.2, -0.15) is 0 Å². The molecule has 2 aromatic carbocycles. The highest BCUT2D eigenvalue weighted by atomic mass is 32.2. The number of benzene rings is 2. The average Bonchev–Trinajstić information content (AvgIpc) is 2.48. The fraction of sp³-hybridized carbons (Fsp3) is 0.200. The summed E-state index contributed by atoms with van der Waals surface area (Å²) < 4.78 is 26.7. The normalized spacial score (nSPS) is 12.8. The molecule has 0 fully saturated rings. The Balaban J connectivity index is 2.07. The maximum absolute atomic E-state index is 12.2. The van der Waals surface area contributed by atoms with Crippen molar-refractivity contribution in [1.29, 1.82) is 0 Å². The first-order valence-electron chi connectivity index (χ1n) is 6.90. The lowest BCUT2D eigenvalue weighted by Gasteiger charge is -2.18. The quantitative estimate of drug-likeness (QED) is 0.657. The minimum atomic E-state index is -3.67. The first kappa shape index (κ1) is 16.7. The standard InChI is InChI=1S/C15H18BNO4S/c18-16(19)15(11-13-7-3-1-4-8-13)17-22(20,21)12-14-9-5-2-6-10-14/h1-10,15,17-19H,11-12H2/t15-/m0/s1. The summed E-state index contributed by atoms with van der Waals surface area (Å²) in [6.07, 6.45) is 0.201. The Bertz CT molecular complexity index is 677. The summed E-state index contributed by atoms with van der Waals surface area (Å²) in [5, 5.41) is 18.9. The van der Waals surface area contributed by atoms with Crippen LogP contribution in [0.2, 0.25) is 0 Å². The number of rotatable bonds is 7. The maximum Gasteiger partial charge on any atom is 0.471 e. The van der Waals surface area contributed by atoms with Gasteiger partial charge in [0.05, 0.1) is 11.7 Å². The molecule has 0 aliphatic heterocycles. The molecule has 3 N–H and O–H groups in total. The molecule has 0 amide bonds. The summed E-state index contributed by atoms with van der Waals surface area (Å²) in [5.41, 5.74) is 1.46. The molecule has 0 spiro atoms. The minimum Gasteiger partial charge on any atom is -0.426 e. The van der Waals surface area contributed by atoms with E-state index < -0.39 is 23.1 Å². The van der Waals surface area contributed by atoms with E-state index in [1.54, 1.807) is 42.5 Å². The first-order chi connectivity index (χ1) is 10.5. The number of sulfonamides is 1. The molecule has 2 aromatic rings. The van der Waals surface area contributed by atoms with Crippen LogP contribution in [0.25, 0.3) is 0 Å². The summed E-state index contributed by atoms with van der Waals surface area (Å²) >= 11 is 0. The van der Waals surface area contributed by atoms with Crippen molar-refractivity contribution < 1.29 is 18.5 Å². The van der Waals surface area contributed by atoms with Gasteiger partial charge in [0, 0.05) is 0 Å². The van der Waals surface area contributed by atoms with E-state index in [2.05, 4.69) is 4.72 Å². The number of hydrogen-bond acceptors (Lipinski definition) is 4. The second kappa shape index (κ2) is 7.55. The van der Waals surface area contributed by atoms with Crippen LogP contribution in [0.1, 0.15) is 11.1 Å². The van der Waals surface area contributed by atoms with Crippen molar-refractivity contribution >= 4 is 17.1 Å². The van der Waals surface area contributed by atoms with Gasteiger partial charge in [0.2, 0.25) is 10.0 Å². The van der Waals surface area contributed by atoms with Crippen molar-refractivity contribution in [3.8, 4) is 0 Å². The molecule has 0 radical (unpaired) electrons. The summed E-state index contributed by atoms with van der Waals surface area (Å²) in [4.78, 5) is 0. The Hall–Kier alpha value is -1.67. The molecule has 7 heteroatoms. The van der Waals surface area contributed by atoms with Crippen molar-refractivity contribution in [2.24, 2.45) is 0 Å². The third-order valence-corrected chi connectivity index (χ3v) is 4.56. The zero-order valence-corrected chi connectivity index (χ0v) is 12.8. The Morgan fingerprint density at radius 2 is 1.41 bits per heavy atom. The lowest BCUT2D eigenvalue weighted by Crippen LogP contribution is -2.48. The van der Waals surface area contributed by atoms with Gasteiger partial charge >= 0.3 is 7.12 Å². The predicted octanol–water partition coefficient (Wildman–Crippen LogP) is 0.729. The van der Waals surface area contributed by atoms with Gasteiger partial charge in [-0.1, -0.05) is 60.7 Å². The number of nitrogens with one attached hydrogen (secondary N) is 1. The molecular formula is C15H18BNO4S. The van der Waals surface area contributed by atoms with Crippen LogP contribution in [-0.2, 0) is 22.2 Å². The zero-order valence-electron chi connectivity index (χ0n) is 12.0. The van der Waals surface area contributed by atoms with Gasteiger partial charge in [-0.15, -0.1) is 0 Å². The van der Waals surface area contributed by atoms with Crippen LogP contribution in [-0.4, -0.2) is 31.5 Å². The molecular weight excluding hydrogens is 301 g/mol. The fourth-order valence-electron chi connectivity index (χ4n) is 2.14. The van der Waals surface area contributed by atoms with E-state index in [1.165, 1.54) is 0 Å². The Kier molecular flexibility index (Phi) is 5.73. The highest BCUT2D eigenvalue weighted by molar-refractivity contribution is 7.88. The molecule has 116 valence electrons. The lowest BCUT2D eigenvalue weighted by molar-refractivity contribution is 0.379. The van der Waals surface area contributed by atoms with Gasteiger partial charge in [-0.05, 0) is 17.5 Å². The summed E-state index contributed by atoms with van der Waals surface area (Å²) in [6, 6.07) is 17.8. The van der Waals surface area contributed by atoms with Crippen molar-refractivity contribution in [2.75, 3.05) is 0 Å². The molecule has 0 aromatic heterocycles. The van der Waals surface area contributed by atoms with Gasteiger partial charge in [-0.3, -0.25) is 0 Å². The Morgan fingerprint density at radius 3 is 1.91 bits per heavy atom. The topological polar surface area (TPSA) is 86.6 Å². The lowest BCUT2D eigenvalue weighted by atomic mass is 9.77. The van der Waals surface area contributed by atoms with E-state index in [-0.39, 0.29) is 12.2 Å². The monoisotopic (exact) mass is 319 g/mol. The van der Waals surface area contributed by atoms with Crippen molar-refractivity contribution in [2.45, 2.75) is 18.1 Å². The third kappa shape index (κ3) is 5.27. The van der Waals surface area contributed by atoms with Gasteiger partial charge in [0.15, 0.2) is 0 Å². The van der Waals surface area contributed by atoms with Crippen LogP contribution in [0.3, 0.4) is 0 Å². The Labute approximate surface area is 130 Å². The second-order valence-corrected chi connectivity index (χ2v) is 6.83. The summed E-state index contributed by atoms with van der Waals surface area (Å²) in [5.74, 6) is -1.19. The third-order valence-electron chi connectivity index (χ3n) is 3.19. The number of hydrogen-bond donors (Lipinski definition) is 3. The molecule has 0 aliphatic carbocycles. The van der Waals surface area contributed by atoms with Crippen LogP contribution < -0.4 is 4.72 Å². The van der Waals surface area contributed by atoms with Crippen molar-refractivity contribution in [1.82, 2.24) is 4.72 Å². The fourth-order valence-corrected chi connectivity index (χ4v) is 3.52. The molecule has 0 aliphatic rings. The van der Waals surface area contributed by atoms with Gasteiger partial charge in [-0.25, -0.2) is 13.1 Å². The molecule has 2 rings (SSSR count). The van der Waals surface area contributed by atoms with Gasteiger partial charge < -0.3 is 10.0 Å². The van der Waals surface area contributed by atoms with E-state index in [9.17, 15) is 18.5 Å². The van der Waals surface area contributed by atoms with E-state index in [4.69, 9.17) is 0 Å². The summed E-state index contributed by atoms with van der Waals surface area (Å²) in [6.45, 7) is 0. The van der Waals surface area contributed by atoms with Gasteiger partial charge in [0.25, 0.3) is 0 Å². The van der Waals surface area contributed by atoms with Crippen LogP contribution in [0, 0.1) is 0 Å². The van der Waals surface area contributed by atoms with E-state index in [0.29, 0.717) is 5.56 Å². The molecule has 0 heterocycles. The van der Waals surface area contributed by atoms with Crippen LogP contribution >= 0.6 is 0 Å². The van der Waals surface area contributed by atoms with E-state index >= 15 is 0 Å². The van der Waals surface area contributed by atoms with Crippen LogP contribution in [0.5, 0.6) is 0 Å². The molecule has 0 saturated carbocycles. The van der Waals surface area contributed by atoms with Crippen molar-refractivity contribution in [3.05, 3.63) is 71.8 Å². The average molecular weight is 319 g/mol. The highest BCUT2D eigenvalue weighted by Gasteiger charge is 2.28.